The number of aromatic nitrogens is 2. The van der Waals surface area contributed by atoms with Crippen LogP contribution in [0.1, 0.15) is 62.6 Å². The Morgan fingerprint density at radius 3 is 2.56 bits per heavy atom. The highest BCUT2D eigenvalue weighted by Gasteiger charge is 2.19. The van der Waals surface area contributed by atoms with E-state index in [1.54, 1.807) is 0 Å². The summed E-state index contributed by atoms with van der Waals surface area (Å²) in [7, 11) is 0. The lowest BCUT2D eigenvalue weighted by atomic mass is 10.0. The first-order valence-electron chi connectivity index (χ1n) is 6.28. The maximum Gasteiger partial charge on any atom is 0.219 e. The number of halogens is 1. The summed E-state index contributed by atoms with van der Waals surface area (Å²) in [5, 5.41) is 8.26. The van der Waals surface area contributed by atoms with Gasteiger partial charge in [0.2, 0.25) is 11.8 Å². The molecule has 1 aliphatic rings. The number of hydrogen-bond donors (Lipinski definition) is 0. The first-order valence-corrected chi connectivity index (χ1v) is 6.82. The van der Waals surface area contributed by atoms with E-state index in [2.05, 4.69) is 10.2 Å². The maximum absolute atomic E-state index is 5.70. The van der Waals surface area contributed by atoms with Gasteiger partial charge in [-0.25, -0.2) is 0 Å². The molecule has 0 unspecified atom stereocenters. The van der Waals surface area contributed by atoms with Gasteiger partial charge in [-0.05, 0) is 19.3 Å². The molecule has 0 amide bonds. The van der Waals surface area contributed by atoms with Crippen molar-refractivity contribution in [1.29, 1.82) is 0 Å². The second-order valence-electron chi connectivity index (χ2n) is 4.52. The predicted molar refractivity (Wildman–Crippen MR) is 63.8 cm³/mol. The van der Waals surface area contributed by atoms with Gasteiger partial charge >= 0.3 is 0 Å². The van der Waals surface area contributed by atoms with Crippen molar-refractivity contribution in [2.24, 2.45) is 0 Å². The van der Waals surface area contributed by atoms with Crippen molar-refractivity contribution >= 4 is 11.6 Å². The van der Waals surface area contributed by atoms with E-state index in [0.717, 1.165) is 24.6 Å². The number of alkyl halides is 1. The van der Waals surface area contributed by atoms with Crippen LogP contribution in [0.15, 0.2) is 4.42 Å². The first kappa shape index (κ1) is 11.9. The summed E-state index contributed by atoms with van der Waals surface area (Å²) >= 11 is 5.64. The molecule has 4 heteroatoms. The normalized spacial score (nSPS) is 18.6. The Morgan fingerprint density at radius 2 is 1.88 bits per heavy atom. The molecule has 1 aromatic heterocycles. The lowest BCUT2D eigenvalue weighted by Gasteiger charge is -2.07. The lowest BCUT2D eigenvalue weighted by Crippen LogP contribution is -1.97. The van der Waals surface area contributed by atoms with Crippen molar-refractivity contribution in [2.45, 2.75) is 57.3 Å². The third-order valence-corrected chi connectivity index (χ3v) is 3.48. The fourth-order valence-corrected chi connectivity index (χ4v) is 2.41. The predicted octanol–water partition coefficient (Wildman–Crippen LogP) is 3.68. The zero-order chi connectivity index (χ0) is 11.2. The van der Waals surface area contributed by atoms with E-state index in [4.69, 9.17) is 16.0 Å². The Balaban J connectivity index is 1.94. The molecule has 1 saturated carbocycles. The number of rotatable bonds is 4. The van der Waals surface area contributed by atoms with Crippen LogP contribution < -0.4 is 0 Å². The van der Waals surface area contributed by atoms with Crippen molar-refractivity contribution in [3.05, 3.63) is 11.8 Å². The molecule has 1 aromatic rings. The van der Waals surface area contributed by atoms with E-state index in [1.807, 2.05) is 0 Å². The molecule has 16 heavy (non-hydrogen) atoms. The Labute approximate surface area is 102 Å². The van der Waals surface area contributed by atoms with Gasteiger partial charge in [0, 0.05) is 18.2 Å². The van der Waals surface area contributed by atoms with Crippen LogP contribution in [0.25, 0.3) is 0 Å². The van der Waals surface area contributed by atoms with Crippen molar-refractivity contribution in [3.8, 4) is 0 Å². The monoisotopic (exact) mass is 242 g/mol. The maximum atomic E-state index is 5.70. The van der Waals surface area contributed by atoms with Gasteiger partial charge in [-0.1, -0.05) is 25.7 Å². The Bertz CT molecular complexity index is 306. The number of aryl methyl sites for hydroxylation is 1. The molecule has 0 aliphatic heterocycles. The molecule has 1 aliphatic carbocycles. The molecule has 1 heterocycles. The highest BCUT2D eigenvalue weighted by Crippen LogP contribution is 2.30. The topological polar surface area (TPSA) is 38.9 Å². The van der Waals surface area contributed by atoms with Crippen LogP contribution in [0.3, 0.4) is 0 Å². The molecule has 0 radical (unpaired) electrons. The Morgan fingerprint density at radius 1 is 1.12 bits per heavy atom. The van der Waals surface area contributed by atoms with Crippen LogP contribution in [0.5, 0.6) is 0 Å². The largest absolute Gasteiger partial charge is 0.425 e. The molecule has 90 valence electrons. The van der Waals surface area contributed by atoms with Crippen molar-refractivity contribution in [2.75, 3.05) is 5.88 Å². The van der Waals surface area contributed by atoms with E-state index in [-0.39, 0.29) is 0 Å². The molecule has 3 nitrogen and oxygen atoms in total. The molecule has 1 fully saturated rings. The molecule has 0 atom stereocenters. The smallest absolute Gasteiger partial charge is 0.219 e. The van der Waals surface area contributed by atoms with Crippen LogP contribution in [0.2, 0.25) is 0 Å². The molecule has 0 aromatic carbocycles. The SMILES string of the molecule is ClCCCc1nnc(C2CCCCCC2)o1. The van der Waals surface area contributed by atoms with Crippen LogP contribution >= 0.6 is 11.6 Å². The summed E-state index contributed by atoms with van der Waals surface area (Å²) in [6.07, 6.45) is 9.42. The van der Waals surface area contributed by atoms with E-state index < -0.39 is 0 Å². The highest BCUT2D eigenvalue weighted by molar-refractivity contribution is 6.17. The van der Waals surface area contributed by atoms with Gasteiger partial charge in [-0.2, -0.15) is 0 Å². The van der Waals surface area contributed by atoms with E-state index in [0.29, 0.717) is 11.8 Å². The first-order chi connectivity index (χ1) is 7.90. The minimum Gasteiger partial charge on any atom is -0.425 e. The van der Waals surface area contributed by atoms with Crippen LogP contribution in [-0.4, -0.2) is 16.1 Å². The van der Waals surface area contributed by atoms with Crippen molar-refractivity contribution in [3.63, 3.8) is 0 Å². The number of hydrogen-bond acceptors (Lipinski definition) is 3. The quantitative estimate of drug-likeness (QED) is 0.597. The molecular weight excluding hydrogens is 224 g/mol. The molecular formula is C12H19ClN2O. The van der Waals surface area contributed by atoms with Crippen LogP contribution in [0.4, 0.5) is 0 Å². The zero-order valence-electron chi connectivity index (χ0n) is 9.62. The van der Waals surface area contributed by atoms with Gasteiger partial charge in [0.1, 0.15) is 0 Å². The standard InChI is InChI=1S/C12H19ClN2O/c13-9-5-8-11-14-15-12(16-11)10-6-3-1-2-4-7-10/h10H,1-9H2. The minimum absolute atomic E-state index is 0.500. The van der Waals surface area contributed by atoms with E-state index in [9.17, 15) is 0 Å². The third-order valence-electron chi connectivity index (χ3n) is 3.21. The summed E-state index contributed by atoms with van der Waals surface area (Å²) in [4.78, 5) is 0. The van der Waals surface area contributed by atoms with Gasteiger partial charge in [-0.3, -0.25) is 0 Å². The summed E-state index contributed by atoms with van der Waals surface area (Å²) in [6.45, 7) is 0. The lowest BCUT2D eigenvalue weighted by molar-refractivity contribution is 0.394. The van der Waals surface area contributed by atoms with E-state index >= 15 is 0 Å². The zero-order valence-corrected chi connectivity index (χ0v) is 10.4. The summed E-state index contributed by atoms with van der Waals surface area (Å²) in [6, 6.07) is 0. The second kappa shape index (κ2) is 6.24. The fraction of sp³-hybridized carbons (Fsp3) is 0.833. The van der Waals surface area contributed by atoms with Crippen molar-refractivity contribution in [1.82, 2.24) is 10.2 Å². The van der Waals surface area contributed by atoms with Crippen molar-refractivity contribution < 1.29 is 4.42 Å². The Hall–Kier alpha value is -0.570. The molecule has 0 spiro atoms. The van der Waals surface area contributed by atoms with Gasteiger partial charge < -0.3 is 4.42 Å². The minimum atomic E-state index is 0.500. The molecule has 0 saturated heterocycles. The summed E-state index contributed by atoms with van der Waals surface area (Å²) in [5.41, 5.74) is 0. The van der Waals surface area contributed by atoms with Crippen LogP contribution in [-0.2, 0) is 6.42 Å². The third kappa shape index (κ3) is 3.21. The molecule has 2 rings (SSSR count). The summed E-state index contributed by atoms with van der Waals surface area (Å²) in [5.74, 6) is 2.76. The van der Waals surface area contributed by atoms with Gasteiger partial charge in [0.15, 0.2) is 0 Å². The van der Waals surface area contributed by atoms with E-state index in [1.165, 1.54) is 38.5 Å². The second-order valence-corrected chi connectivity index (χ2v) is 4.89. The number of nitrogens with zero attached hydrogens (tertiary/aromatic N) is 2. The average Bonchev–Trinajstić information content (AvgIpc) is 2.60. The van der Waals surface area contributed by atoms with Gasteiger partial charge in [0.05, 0.1) is 0 Å². The molecule has 0 N–H and O–H groups in total. The van der Waals surface area contributed by atoms with Gasteiger partial charge in [-0.15, -0.1) is 21.8 Å². The molecule has 0 bridgehead atoms. The average molecular weight is 243 g/mol. The fourth-order valence-electron chi connectivity index (χ4n) is 2.28. The van der Waals surface area contributed by atoms with Gasteiger partial charge in [0.25, 0.3) is 0 Å². The van der Waals surface area contributed by atoms with Crippen LogP contribution in [0, 0.1) is 0 Å². The highest BCUT2D eigenvalue weighted by atomic mass is 35.5. The summed E-state index contributed by atoms with van der Waals surface area (Å²) < 4.78 is 5.70. The Kier molecular flexibility index (Phi) is 4.64.